The van der Waals surface area contributed by atoms with E-state index in [0.717, 1.165) is 25.2 Å². The van der Waals surface area contributed by atoms with Crippen molar-refractivity contribution in [2.24, 2.45) is 11.7 Å². The van der Waals surface area contributed by atoms with Gasteiger partial charge in [0, 0.05) is 18.3 Å². The highest BCUT2D eigenvalue weighted by atomic mass is 16.5. The molecule has 0 saturated carbocycles. The summed E-state index contributed by atoms with van der Waals surface area (Å²) in [7, 11) is 0. The molecule has 0 radical (unpaired) electrons. The van der Waals surface area contributed by atoms with E-state index in [0.29, 0.717) is 22.9 Å². The Balaban J connectivity index is 2.30. The Bertz CT molecular complexity index is 488. The fourth-order valence-electron chi connectivity index (χ4n) is 2.47. The second-order valence-electron chi connectivity index (χ2n) is 5.21. The smallest absolute Gasteiger partial charge is 0.254 e. The van der Waals surface area contributed by atoms with Gasteiger partial charge in [-0.2, -0.15) is 0 Å². The summed E-state index contributed by atoms with van der Waals surface area (Å²) >= 11 is 0. The van der Waals surface area contributed by atoms with Crippen molar-refractivity contribution in [2.45, 2.75) is 33.3 Å². The Morgan fingerprint density at radius 3 is 2.89 bits per heavy atom. The molecule has 1 aliphatic heterocycles. The molecule has 2 atom stereocenters. The molecule has 2 heterocycles. The maximum Gasteiger partial charge on any atom is 0.254 e. The van der Waals surface area contributed by atoms with Crippen LogP contribution in [0.3, 0.4) is 0 Å². The first-order chi connectivity index (χ1) is 8.99. The highest BCUT2D eigenvalue weighted by molar-refractivity contribution is 5.96. The van der Waals surface area contributed by atoms with E-state index in [2.05, 4.69) is 17.2 Å². The summed E-state index contributed by atoms with van der Waals surface area (Å²) in [5.41, 5.74) is 7.27. The number of carbonyl (C=O) groups is 1. The standard InChI is InChI=1S/C14H21N3O2/c1-8-4-5-16-7-12(8)19-11-6-9(2)17-10(3)13(11)14(15)18/h6,8,12,16H,4-5,7H2,1-3H3,(H2,15,18). The van der Waals surface area contributed by atoms with E-state index in [-0.39, 0.29) is 6.10 Å². The van der Waals surface area contributed by atoms with Gasteiger partial charge in [0.05, 0.1) is 5.69 Å². The molecule has 2 unspecified atom stereocenters. The van der Waals surface area contributed by atoms with E-state index in [4.69, 9.17) is 10.5 Å². The van der Waals surface area contributed by atoms with Gasteiger partial charge in [-0.3, -0.25) is 9.78 Å². The van der Waals surface area contributed by atoms with E-state index >= 15 is 0 Å². The van der Waals surface area contributed by atoms with Gasteiger partial charge >= 0.3 is 0 Å². The second kappa shape index (κ2) is 5.57. The van der Waals surface area contributed by atoms with Gasteiger partial charge in [0.25, 0.3) is 5.91 Å². The van der Waals surface area contributed by atoms with Crippen molar-refractivity contribution in [1.29, 1.82) is 0 Å². The number of aromatic nitrogens is 1. The van der Waals surface area contributed by atoms with Crippen molar-refractivity contribution in [3.63, 3.8) is 0 Å². The van der Waals surface area contributed by atoms with Gasteiger partial charge in [-0.15, -0.1) is 0 Å². The van der Waals surface area contributed by atoms with Crippen LogP contribution in [-0.4, -0.2) is 30.1 Å². The van der Waals surface area contributed by atoms with Crippen LogP contribution in [0.5, 0.6) is 5.75 Å². The predicted molar refractivity (Wildman–Crippen MR) is 73.3 cm³/mol. The zero-order valence-corrected chi connectivity index (χ0v) is 11.7. The van der Waals surface area contributed by atoms with Crippen LogP contribution >= 0.6 is 0 Å². The Morgan fingerprint density at radius 1 is 1.53 bits per heavy atom. The molecule has 1 fully saturated rings. The molecular weight excluding hydrogens is 242 g/mol. The molecule has 0 spiro atoms. The molecule has 1 aromatic heterocycles. The molecule has 2 rings (SSSR count). The zero-order chi connectivity index (χ0) is 14.0. The largest absolute Gasteiger partial charge is 0.488 e. The molecular formula is C14H21N3O2. The Kier molecular flexibility index (Phi) is 4.04. The first kappa shape index (κ1) is 13.8. The third-order valence-electron chi connectivity index (χ3n) is 3.57. The summed E-state index contributed by atoms with van der Waals surface area (Å²) < 4.78 is 6.02. The lowest BCUT2D eigenvalue weighted by Crippen LogP contribution is -2.43. The van der Waals surface area contributed by atoms with Gasteiger partial charge < -0.3 is 15.8 Å². The Labute approximate surface area is 113 Å². The van der Waals surface area contributed by atoms with Gasteiger partial charge in [0.2, 0.25) is 0 Å². The third kappa shape index (κ3) is 3.04. The summed E-state index contributed by atoms with van der Waals surface area (Å²) in [5, 5.41) is 3.31. The number of aryl methyl sites for hydroxylation is 2. The van der Waals surface area contributed by atoms with Crippen LogP contribution < -0.4 is 15.8 Å². The summed E-state index contributed by atoms with van der Waals surface area (Å²) in [4.78, 5) is 15.8. The number of rotatable bonds is 3. The quantitative estimate of drug-likeness (QED) is 0.858. The van der Waals surface area contributed by atoms with Crippen molar-refractivity contribution in [2.75, 3.05) is 13.1 Å². The normalized spacial score (nSPS) is 23.1. The van der Waals surface area contributed by atoms with E-state index in [1.807, 2.05) is 6.92 Å². The maximum atomic E-state index is 11.6. The van der Waals surface area contributed by atoms with E-state index in [1.54, 1.807) is 13.0 Å². The van der Waals surface area contributed by atoms with Crippen LogP contribution in [0.1, 0.15) is 35.1 Å². The number of hydrogen-bond acceptors (Lipinski definition) is 4. The number of hydrogen-bond donors (Lipinski definition) is 2. The minimum absolute atomic E-state index is 0.0630. The summed E-state index contributed by atoms with van der Waals surface area (Å²) in [5.74, 6) is 0.519. The van der Waals surface area contributed by atoms with Crippen LogP contribution in [0, 0.1) is 19.8 Å². The van der Waals surface area contributed by atoms with E-state index in [9.17, 15) is 4.79 Å². The lowest BCUT2D eigenvalue weighted by molar-refractivity contribution is 0.0963. The van der Waals surface area contributed by atoms with Gasteiger partial charge in [0.15, 0.2) is 0 Å². The molecule has 1 aromatic rings. The van der Waals surface area contributed by atoms with Crippen molar-refractivity contribution in [3.8, 4) is 5.75 Å². The van der Waals surface area contributed by atoms with Gasteiger partial charge in [-0.25, -0.2) is 0 Å². The molecule has 1 amide bonds. The number of ether oxygens (including phenoxy) is 1. The minimum Gasteiger partial charge on any atom is -0.488 e. The van der Waals surface area contributed by atoms with Crippen molar-refractivity contribution >= 4 is 5.91 Å². The number of nitrogens with two attached hydrogens (primary N) is 1. The Hall–Kier alpha value is -1.62. The van der Waals surface area contributed by atoms with Crippen LogP contribution in [0.4, 0.5) is 0 Å². The number of carbonyl (C=O) groups excluding carboxylic acids is 1. The average molecular weight is 263 g/mol. The topological polar surface area (TPSA) is 77.2 Å². The molecule has 5 nitrogen and oxygen atoms in total. The molecule has 3 N–H and O–H groups in total. The van der Waals surface area contributed by atoms with Crippen LogP contribution in [-0.2, 0) is 0 Å². The fraction of sp³-hybridized carbons (Fsp3) is 0.571. The van der Waals surface area contributed by atoms with Crippen molar-refractivity contribution in [3.05, 3.63) is 23.0 Å². The molecule has 1 aliphatic rings. The monoisotopic (exact) mass is 263 g/mol. The molecule has 5 heteroatoms. The summed E-state index contributed by atoms with van der Waals surface area (Å²) in [6.07, 6.45) is 1.13. The Morgan fingerprint density at radius 2 is 2.26 bits per heavy atom. The molecule has 104 valence electrons. The minimum atomic E-state index is -0.489. The van der Waals surface area contributed by atoms with Crippen molar-refractivity contribution in [1.82, 2.24) is 10.3 Å². The number of primary amides is 1. The zero-order valence-electron chi connectivity index (χ0n) is 11.7. The van der Waals surface area contributed by atoms with Crippen LogP contribution in [0.15, 0.2) is 6.07 Å². The average Bonchev–Trinajstić information content (AvgIpc) is 2.30. The molecule has 0 aromatic carbocycles. The predicted octanol–water partition coefficient (Wildman–Crippen LogP) is 1.17. The fourth-order valence-corrected chi connectivity index (χ4v) is 2.47. The van der Waals surface area contributed by atoms with Crippen molar-refractivity contribution < 1.29 is 9.53 Å². The molecule has 0 aliphatic carbocycles. The summed E-state index contributed by atoms with van der Waals surface area (Å²) in [6, 6.07) is 1.79. The number of amides is 1. The first-order valence-electron chi connectivity index (χ1n) is 6.64. The third-order valence-corrected chi connectivity index (χ3v) is 3.57. The number of pyridine rings is 1. The van der Waals surface area contributed by atoms with E-state index < -0.39 is 5.91 Å². The molecule has 19 heavy (non-hydrogen) atoms. The lowest BCUT2D eigenvalue weighted by Gasteiger charge is -2.30. The number of nitrogens with one attached hydrogen (secondary N) is 1. The lowest BCUT2D eigenvalue weighted by atomic mass is 9.97. The van der Waals surface area contributed by atoms with Gasteiger partial charge in [0.1, 0.15) is 17.4 Å². The highest BCUT2D eigenvalue weighted by Crippen LogP contribution is 2.26. The van der Waals surface area contributed by atoms with Gasteiger partial charge in [-0.05, 0) is 32.7 Å². The summed E-state index contributed by atoms with van der Waals surface area (Å²) in [6.45, 7) is 7.63. The first-order valence-corrected chi connectivity index (χ1v) is 6.64. The van der Waals surface area contributed by atoms with Crippen LogP contribution in [0.25, 0.3) is 0 Å². The maximum absolute atomic E-state index is 11.6. The van der Waals surface area contributed by atoms with Gasteiger partial charge in [-0.1, -0.05) is 6.92 Å². The highest BCUT2D eigenvalue weighted by Gasteiger charge is 2.25. The number of nitrogens with zero attached hydrogens (tertiary/aromatic N) is 1. The molecule has 0 bridgehead atoms. The van der Waals surface area contributed by atoms with Crippen LogP contribution in [0.2, 0.25) is 0 Å². The number of piperidine rings is 1. The molecule has 1 saturated heterocycles. The van der Waals surface area contributed by atoms with E-state index in [1.165, 1.54) is 0 Å². The second-order valence-corrected chi connectivity index (χ2v) is 5.21. The SMILES string of the molecule is Cc1cc(OC2CNCCC2C)c(C(N)=O)c(C)n1.